The molecule has 2 aromatic heterocycles. The average molecular weight is 439 g/mol. The maximum absolute atomic E-state index is 13.0. The fraction of sp³-hybridized carbons (Fsp3) is 0.273. The van der Waals surface area contributed by atoms with Gasteiger partial charge in [0.05, 0.1) is 16.7 Å². The first-order valence-electron chi connectivity index (χ1n) is 9.64. The van der Waals surface area contributed by atoms with Crippen LogP contribution < -0.4 is 5.56 Å². The van der Waals surface area contributed by atoms with Gasteiger partial charge in [0.2, 0.25) is 11.7 Å². The van der Waals surface area contributed by atoms with Crippen LogP contribution in [-0.2, 0) is 12.3 Å². The SMILES string of the molecule is CSc1ccc(-c2noc(CSc3nc4ccccc4c(=O)n3CC(C)C)n2)cc1. The van der Waals surface area contributed by atoms with Crippen LogP contribution in [0.4, 0.5) is 0 Å². The highest BCUT2D eigenvalue weighted by atomic mass is 32.2. The van der Waals surface area contributed by atoms with Crippen molar-refractivity contribution >= 4 is 34.4 Å². The molecule has 8 heteroatoms. The molecule has 0 fully saturated rings. The predicted molar refractivity (Wildman–Crippen MR) is 122 cm³/mol. The van der Waals surface area contributed by atoms with Gasteiger partial charge >= 0.3 is 0 Å². The molecule has 4 rings (SSSR count). The van der Waals surface area contributed by atoms with Gasteiger partial charge in [-0.25, -0.2) is 4.98 Å². The highest BCUT2D eigenvalue weighted by Gasteiger charge is 2.15. The third-order valence-electron chi connectivity index (χ3n) is 4.52. The summed E-state index contributed by atoms with van der Waals surface area (Å²) in [6.45, 7) is 4.78. The number of benzene rings is 2. The molecule has 0 N–H and O–H groups in total. The van der Waals surface area contributed by atoms with E-state index in [0.717, 1.165) is 5.56 Å². The van der Waals surface area contributed by atoms with Gasteiger partial charge in [0.1, 0.15) is 0 Å². The zero-order valence-corrected chi connectivity index (χ0v) is 18.7. The summed E-state index contributed by atoms with van der Waals surface area (Å²) in [4.78, 5) is 23.4. The van der Waals surface area contributed by atoms with Crippen molar-refractivity contribution in [2.24, 2.45) is 5.92 Å². The molecule has 0 saturated carbocycles. The van der Waals surface area contributed by atoms with Crippen LogP contribution in [-0.4, -0.2) is 25.9 Å². The van der Waals surface area contributed by atoms with Gasteiger partial charge in [-0.3, -0.25) is 9.36 Å². The van der Waals surface area contributed by atoms with E-state index in [2.05, 4.69) is 24.0 Å². The second kappa shape index (κ2) is 9.06. The van der Waals surface area contributed by atoms with Crippen LogP contribution in [0.3, 0.4) is 0 Å². The number of rotatable bonds is 7. The number of hydrogen-bond donors (Lipinski definition) is 0. The second-order valence-electron chi connectivity index (χ2n) is 7.25. The Morgan fingerprint density at radius 1 is 1.07 bits per heavy atom. The van der Waals surface area contributed by atoms with E-state index in [1.54, 1.807) is 16.3 Å². The first-order chi connectivity index (χ1) is 14.5. The summed E-state index contributed by atoms with van der Waals surface area (Å²) in [6.07, 6.45) is 2.04. The van der Waals surface area contributed by atoms with Crippen LogP contribution in [0.25, 0.3) is 22.3 Å². The van der Waals surface area contributed by atoms with E-state index in [9.17, 15) is 4.79 Å². The summed E-state index contributed by atoms with van der Waals surface area (Å²) in [7, 11) is 0. The summed E-state index contributed by atoms with van der Waals surface area (Å²) < 4.78 is 7.18. The summed E-state index contributed by atoms with van der Waals surface area (Å²) in [5.41, 5.74) is 1.59. The quantitative estimate of drug-likeness (QED) is 0.293. The normalized spacial score (nSPS) is 11.5. The molecule has 154 valence electrons. The third kappa shape index (κ3) is 4.44. The Labute approximate surface area is 183 Å². The van der Waals surface area contributed by atoms with Gasteiger partial charge < -0.3 is 4.52 Å². The third-order valence-corrected chi connectivity index (χ3v) is 6.22. The Balaban J connectivity index is 1.59. The second-order valence-corrected chi connectivity index (χ2v) is 9.07. The Bertz CT molecular complexity index is 1220. The molecule has 0 aliphatic heterocycles. The summed E-state index contributed by atoms with van der Waals surface area (Å²) >= 11 is 3.13. The smallest absolute Gasteiger partial charge is 0.262 e. The molecule has 30 heavy (non-hydrogen) atoms. The number of para-hydroxylation sites is 1. The van der Waals surface area contributed by atoms with E-state index >= 15 is 0 Å². The van der Waals surface area contributed by atoms with Gasteiger partial charge in [0.15, 0.2) is 5.16 Å². The van der Waals surface area contributed by atoms with Crippen LogP contribution in [0.5, 0.6) is 0 Å². The Kier molecular flexibility index (Phi) is 6.24. The predicted octanol–water partition coefficient (Wildman–Crippen LogP) is 5.12. The van der Waals surface area contributed by atoms with Gasteiger partial charge in [-0.2, -0.15) is 4.98 Å². The monoisotopic (exact) mass is 438 g/mol. The van der Waals surface area contributed by atoms with E-state index in [0.29, 0.717) is 46.0 Å². The van der Waals surface area contributed by atoms with Crippen LogP contribution in [0.1, 0.15) is 19.7 Å². The minimum atomic E-state index is -0.0168. The minimum Gasteiger partial charge on any atom is -0.338 e. The molecule has 0 bridgehead atoms. The lowest BCUT2D eigenvalue weighted by Gasteiger charge is -2.14. The molecule has 4 aromatic rings. The van der Waals surface area contributed by atoms with Crippen molar-refractivity contribution in [3.05, 3.63) is 64.8 Å². The van der Waals surface area contributed by atoms with Crippen molar-refractivity contribution in [3.8, 4) is 11.4 Å². The highest BCUT2D eigenvalue weighted by Crippen LogP contribution is 2.25. The molecule has 0 atom stereocenters. The van der Waals surface area contributed by atoms with Gasteiger partial charge in [0.25, 0.3) is 5.56 Å². The zero-order chi connectivity index (χ0) is 21.1. The molecular weight excluding hydrogens is 416 g/mol. The molecule has 6 nitrogen and oxygen atoms in total. The maximum atomic E-state index is 13.0. The van der Waals surface area contributed by atoms with Crippen molar-refractivity contribution in [1.29, 1.82) is 0 Å². The number of thioether (sulfide) groups is 2. The van der Waals surface area contributed by atoms with Crippen molar-refractivity contribution in [2.45, 2.75) is 36.2 Å². The van der Waals surface area contributed by atoms with Crippen molar-refractivity contribution in [2.75, 3.05) is 6.26 Å². The molecule has 0 saturated heterocycles. The molecule has 0 radical (unpaired) electrons. The van der Waals surface area contributed by atoms with Crippen molar-refractivity contribution in [3.63, 3.8) is 0 Å². The lowest BCUT2D eigenvalue weighted by Crippen LogP contribution is -2.25. The Morgan fingerprint density at radius 3 is 2.57 bits per heavy atom. The molecule has 0 amide bonds. The van der Waals surface area contributed by atoms with Crippen molar-refractivity contribution < 1.29 is 4.52 Å². The van der Waals surface area contributed by atoms with Crippen LogP contribution >= 0.6 is 23.5 Å². The summed E-state index contributed by atoms with van der Waals surface area (Å²) in [6, 6.07) is 15.5. The van der Waals surface area contributed by atoms with E-state index in [1.165, 1.54) is 16.7 Å². The topological polar surface area (TPSA) is 73.8 Å². The Hall–Kier alpha value is -2.58. The van der Waals surface area contributed by atoms with Crippen LogP contribution in [0.2, 0.25) is 0 Å². The average Bonchev–Trinajstić information content (AvgIpc) is 3.23. The summed E-state index contributed by atoms with van der Waals surface area (Å²) in [5.74, 6) is 1.83. The number of nitrogens with zero attached hydrogens (tertiary/aromatic N) is 4. The number of aromatic nitrogens is 4. The fourth-order valence-corrected chi connectivity index (χ4v) is 4.34. The fourth-order valence-electron chi connectivity index (χ4n) is 3.08. The van der Waals surface area contributed by atoms with Crippen LogP contribution in [0, 0.1) is 5.92 Å². The number of fused-ring (bicyclic) bond motifs is 1. The van der Waals surface area contributed by atoms with E-state index in [-0.39, 0.29) is 5.56 Å². The zero-order valence-electron chi connectivity index (χ0n) is 17.0. The molecular formula is C22H22N4O2S2. The molecule has 0 aliphatic rings. The van der Waals surface area contributed by atoms with Gasteiger partial charge in [-0.05, 0) is 48.6 Å². The molecule has 2 heterocycles. The van der Waals surface area contributed by atoms with Crippen LogP contribution in [0.15, 0.2) is 67.9 Å². The van der Waals surface area contributed by atoms with E-state index in [4.69, 9.17) is 9.51 Å². The minimum absolute atomic E-state index is 0.0168. The summed E-state index contributed by atoms with van der Waals surface area (Å²) in [5, 5.41) is 5.40. The molecule has 0 aliphatic carbocycles. The molecule has 2 aromatic carbocycles. The largest absolute Gasteiger partial charge is 0.338 e. The lowest BCUT2D eigenvalue weighted by molar-refractivity contribution is 0.391. The van der Waals surface area contributed by atoms with E-state index in [1.807, 2.05) is 54.8 Å². The maximum Gasteiger partial charge on any atom is 0.262 e. The molecule has 0 spiro atoms. The van der Waals surface area contributed by atoms with Crippen molar-refractivity contribution in [1.82, 2.24) is 19.7 Å². The van der Waals surface area contributed by atoms with E-state index < -0.39 is 0 Å². The number of hydrogen-bond acceptors (Lipinski definition) is 7. The highest BCUT2D eigenvalue weighted by molar-refractivity contribution is 7.98. The Morgan fingerprint density at radius 2 is 1.83 bits per heavy atom. The first-order valence-corrected chi connectivity index (χ1v) is 11.9. The molecule has 0 unspecified atom stereocenters. The van der Waals surface area contributed by atoms with Gasteiger partial charge in [0, 0.05) is 17.0 Å². The standard InChI is InChI=1S/C22H22N4O2S2/c1-14(2)12-26-21(27)17-6-4-5-7-18(17)23-22(26)30-13-19-24-20(25-28-19)15-8-10-16(29-3)11-9-15/h4-11,14H,12-13H2,1-3H3. The lowest BCUT2D eigenvalue weighted by atomic mass is 10.2. The first kappa shape index (κ1) is 20.7. The van der Waals surface area contributed by atoms with Gasteiger partial charge in [-0.15, -0.1) is 11.8 Å². The van der Waals surface area contributed by atoms with Gasteiger partial charge in [-0.1, -0.05) is 42.9 Å².